The summed E-state index contributed by atoms with van der Waals surface area (Å²) >= 11 is 0. The maximum absolute atomic E-state index is 14.8. The monoisotopic (exact) mass is 611 g/mol. The van der Waals surface area contributed by atoms with Crippen LogP contribution >= 0.6 is 0 Å². The number of halogens is 1. The van der Waals surface area contributed by atoms with Gasteiger partial charge >= 0.3 is 0 Å². The highest BCUT2D eigenvalue weighted by atomic mass is 32.2. The summed E-state index contributed by atoms with van der Waals surface area (Å²) in [6, 6.07) is 40.5. The van der Waals surface area contributed by atoms with Gasteiger partial charge in [0.05, 0.1) is 16.1 Å². The van der Waals surface area contributed by atoms with Crippen molar-refractivity contribution in [2.75, 3.05) is 0 Å². The van der Waals surface area contributed by atoms with Crippen LogP contribution in [0.1, 0.15) is 16.7 Å². The van der Waals surface area contributed by atoms with Gasteiger partial charge in [-0.3, -0.25) is 0 Å². The van der Waals surface area contributed by atoms with Crippen LogP contribution in [-0.2, 0) is 16.6 Å². The van der Waals surface area contributed by atoms with E-state index in [0.717, 1.165) is 32.8 Å². The Morgan fingerprint density at radius 2 is 1.36 bits per heavy atom. The second kappa shape index (κ2) is 11.4. The van der Waals surface area contributed by atoms with Gasteiger partial charge in [0.1, 0.15) is 18.2 Å². The van der Waals surface area contributed by atoms with Crippen molar-refractivity contribution in [1.29, 1.82) is 0 Å². The van der Waals surface area contributed by atoms with Gasteiger partial charge in [0.25, 0.3) is 10.0 Å². The fourth-order valence-corrected chi connectivity index (χ4v) is 7.46. The summed E-state index contributed by atoms with van der Waals surface area (Å²) in [5.74, 6) is 0.172. The molecular weight excluding hydrogens is 581 g/mol. The molecule has 0 amide bonds. The SMILES string of the molecule is Cc1ccc(S(=O)(=O)n2c(-c3c(OCc4ccccc4)ccc4ccccc34)c(-c3ccc(F)cc3)c3cc(C)ccc32)cc1. The highest BCUT2D eigenvalue weighted by Crippen LogP contribution is 2.48. The molecule has 0 aliphatic carbocycles. The van der Waals surface area contributed by atoms with Crippen LogP contribution in [0.15, 0.2) is 138 Å². The van der Waals surface area contributed by atoms with Gasteiger partial charge in [-0.2, -0.15) is 0 Å². The summed E-state index contributed by atoms with van der Waals surface area (Å²) in [4.78, 5) is 0.171. The molecule has 222 valence electrons. The van der Waals surface area contributed by atoms with Gasteiger partial charge in [-0.25, -0.2) is 16.8 Å². The lowest BCUT2D eigenvalue weighted by atomic mass is 9.94. The molecule has 0 fully saturated rings. The first-order valence-corrected chi connectivity index (χ1v) is 16.2. The molecule has 6 heteroatoms. The number of ether oxygens (including phenoxy) is 1. The summed E-state index contributed by atoms with van der Waals surface area (Å²) < 4.78 is 51.9. The molecule has 0 saturated carbocycles. The zero-order chi connectivity index (χ0) is 31.1. The molecule has 0 radical (unpaired) electrons. The Balaban J connectivity index is 1.63. The van der Waals surface area contributed by atoms with Gasteiger partial charge in [0.2, 0.25) is 0 Å². The molecule has 0 atom stereocenters. The highest BCUT2D eigenvalue weighted by molar-refractivity contribution is 7.90. The molecule has 0 aliphatic rings. The van der Waals surface area contributed by atoms with Crippen molar-refractivity contribution < 1.29 is 17.5 Å². The van der Waals surface area contributed by atoms with E-state index in [1.165, 1.54) is 16.1 Å². The van der Waals surface area contributed by atoms with Crippen molar-refractivity contribution in [3.8, 4) is 28.1 Å². The Labute approximate surface area is 262 Å². The molecule has 1 heterocycles. The van der Waals surface area contributed by atoms with Crippen molar-refractivity contribution >= 4 is 31.7 Å². The number of hydrogen-bond donors (Lipinski definition) is 0. The molecule has 0 aliphatic heterocycles. The molecule has 0 saturated heterocycles. The predicted molar refractivity (Wildman–Crippen MR) is 180 cm³/mol. The van der Waals surface area contributed by atoms with Crippen LogP contribution in [0.25, 0.3) is 44.1 Å². The van der Waals surface area contributed by atoms with Gasteiger partial charge in [0.15, 0.2) is 0 Å². The largest absolute Gasteiger partial charge is 0.488 e. The summed E-state index contributed by atoms with van der Waals surface area (Å²) in [7, 11) is -4.13. The van der Waals surface area contributed by atoms with Crippen molar-refractivity contribution in [3.05, 3.63) is 156 Å². The fourth-order valence-electron chi connectivity index (χ4n) is 5.93. The molecule has 7 rings (SSSR count). The molecule has 0 bridgehead atoms. The Bertz CT molecular complexity index is 2290. The lowest BCUT2D eigenvalue weighted by molar-refractivity contribution is 0.308. The number of fused-ring (bicyclic) bond motifs is 2. The summed E-state index contributed by atoms with van der Waals surface area (Å²) in [6.07, 6.45) is 0. The van der Waals surface area contributed by atoms with Crippen LogP contribution < -0.4 is 4.74 Å². The normalized spacial score (nSPS) is 11.7. The van der Waals surface area contributed by atoms with E-state index in [9.17, 15) is 12.8 Å². The summed E-state index contributed by atoms with van der Waals surface area (Å²) in [5.41, 5.74) is 5.93. The van der Waals surface area contributed by atoms with Crippen molar-refractivity contribution in [2.45, 2.75) is 25.3 Å². The number of rotatable bonds is 7. The molecule has 7 aromatic rings. The van der Waals surface area contributed by atoms with Crippen LogP contribution in [0, 0.1) is 19.7 Å². The van der Waals surface area contributed by atoms with Crippen LogP contribution in [0.2, 0.25) is 0 Å². The molecule has 0 unspecified atom stereocenters. The average molecular weight is 612 g/mol. The number of aryl methyl sites for hydroxylation is 2. The first kappa shape index (κ1) is 28.6. The quantitative estimate of drug-likeness (QED) is 0.180. The lowest BCUT2D eigenvalue weighted by Crippen LogP contribution is -2.15. The van der Waals surface area contributed by atoms with E-state index in [2.05, 4.69) is 0 Å². The summed E-state index contributed by atoms with van der Waals surface area (Å²) in [6.45, 7) is 4.20. The van der Waals surface area contributed by atoms with E-state index in [4.69, 9.17) is 4.74 Å². The third kappa shape index (κ3) is 5.17. The molecule has 0 N–H and O–H groups in total. The zero-order valence-electron chi connectivity index (χ0n) is 24.9. The molecule has 45 heavy (non-hydrogen) atoms. The predicted octanol–water partition coefficient (Wildman–Crippen LogP) is 9.70. The Kier molecular flexibility index (Phi) is 7.22. The number of benzene rings is 6. The van der Waals surface area contributed by atoms with Gasteiger partial charge in [-0.15, -0.1) is 0 Å². The van der Waals surface area contributed by atoms with E-state index >= 15 is 0 Å². The topological polar surface area (TPSA) is 48.3 Å². The smallest absolute Gasteiger partial charge is 0.268 e. The van der Waals surface area contributed by atoms with Crippen molar-refractivity contribution in [2.24, 2.45) is 0 Å². The molecule has 0 spiro atoms. The minimum atomic E-state index is -4.13. The lowest BCUT2D eigenvalue weighted by Gasteiger charge is -2.19. The zero-order valence-corrected chi connectivity index (χ0v) is 25.7. The van der Waals surface area contributed by atoms with Crippen LogP contribution in [-0.4, -0.2) is 12.4 Å². The van der Waals surface area contributed by atoms with Crippen molar-refractivity contribution in [1.82, 2.24) is 3.97 Å². The highest BCUT2D eigenvalue weighted by Gasteiger charge is 2.31. The minimum absolute atomic E-state index is 0.171. The van der Waals surface area contributed by atoms with Gasteiger partial charge < -0.3 is 4.74 Å². The molecule has 1 aromatic heterocycles. The molecular formula is C39H30FNO3S. The Morgan fingerprint density at radius 3 is 2.11 bits per heavy atom. The van der Waals surface area contributed by atoms with E-state index in [1.54, 1.807) is 36.4 Å². The minimum Gasteiger partial charge on any atom is -0.488 e. The van der Waals surface area contributed by atoms with E-state index < -0.39 is 10.0 Å². The first-order chi connectivity index (χ1) is 21.8. The fraction of sp³-hybridized carbons (Fsp3) is 0.0769. The van der Waals surface area contributed by atoms with Crippen molar-refractivity contribution in [3.63, 3.8) is 0 Å². The third-order valence-corrected chi connectivity index (χ3v) is 9.86. The maximum Gasteiger partial charge on any atom is 0.268 e. The number of nitrogens with zero attached hydrogens (tertiary/aromatic N) is 1. The molecule has 4 nitrogen and oxygen atoms in total. The van der Waals surface area contributed by atoms with Gasteiger partial charge in [-0.1, -0.05) is 102 Å². The average Bonchev–Trinajstić information content (AvgIpc) is 3.39. The second-order valence-corrected chi connectivity index (χ2v) is 13.1. The number of hydrogen-bond acceptors (Lipinski definition) is 3. The van der Waals surface area contributed by atoms with Crippen LogP contribution in [0.5, 0.6) is 5.75 Å². The maximum atomic E-state index is 14.8. The second-order valence-electron chi connectivity index (χ2n) is 11.3. The van der Waals surface area contributed by atoms with E-state index in [0.29, 0.717) is 40.3 Å². The summed E-state index contributed by atoms with van der Waals surface area (Å²) in [5, 5.41) is 2.52. The third-order valence-electron chi connectivity index (χ3n) is 8.14. The van der Waals surface area contributed by atoms with Gasteiger partial charge in [0, 0.05) is 16.5 Å². The Hall–Kier alpha value is -5.20. The van der Waals surface area contributed by atoms with E-state index in [1.807, 2.05) is 98.8 Å². The number of aromatic nitrogens is 1. The van der Waals surface area contributed by atoms with Crippen LogP contribution in [0.3, 0.4) is 0 Å². The van der Waals surface area contributed by atoms with Crippen LogP contribution in [0.4, 0.5) is 4.39 Å². The standard InChI is InChI=1S/C39H30FNO3S/c1-26-12-20-32(21-13-26)45(42,43)41-35-22-14-27(2)24-34(35)37(30-15-18-31(40)19-16-30)39(41)38-33-11-7-6-10-29(33)17-23-36(38)44-25-28-8-4-3-5-9-28/h3-24H,25H2,1-2H3. The first-order valence-electron chi connectivity index (χ1n) is 14.7. The Morgan fingerprint density at radius 1 is 0.667 bits per heavy atom. The van der Waals surface area contributed by atoms with E-state index in [-0.39, 0.29) is 10.7 Å². The van der Waals surface area contributed by atoms with Gasteiger partial charge in [-0.05, 0) is 78.2 Å². The molecule has 6 aromatic carbocycles.